The summed E-state index contributed by atoms with van der Waals surface area (Å²) < 4.78 is 2.02. The molecule has 1 aromatic heterocycles. The second-order valence-corrected chi connectivity index (χ2v) is 5.58. The van der Waals surface area contributed by atoms with Crippen molar-refractivity contribution in [3.8, 4) is 6.07 Å². The fraction of sp³-hybridized carbons (Fsp3) is 0.353. The van der Waals surface area contributed by atoms with E-state index in [2.05, 4.69) is 11.1 Å². The Balaban J connectivity index is 1.66. The molecule has 0 bridgehead atoms. The molecule has 0 N–H and O–H groups in total. The number of nitrogens with zero attached hydrogens (tertiary/aromatic N) is 4. The summed E-state index contributed by atoms with van der Waals surface area (Å²) in [6, 6.07) is 7.55. The molecule has 1 aromatic carbocycles. The van der Waals surface area contributed by atoms with E-state index in [1.54, 1.807) is 17.4 Å². The number of amides is 1. The third-order valence-corrected chi connectivity index (χ3v) is 4.13. The molecule has 0 fully saturated rings. The van der Waals surface area contributed by atoms with Crippen LogP contribution in [0, 0.1) is 18.3 Å². The van der Waals surface area contributed by atoms with Gasteiger partial charge in [0.2, 0.25) is 0 Å². The van der Waals surface area contributed by atoms with Gasteiger partial charge in [-0.25, -0.2) is 4.98 Å². The largest absolute Gasteiger partial charge is 0.337 e. The third kappa shape index (κ3) is 2.48. The molecule has 0 spiro atoms. The van der Waals surface area contributed by atoms with Crippen LogP contribution in [-0.4, -0.2) is 26.9 Å². The molecule has 0 radical (unpaired) electrons. The lowest BCUT2D eigenvalue weighted by molar-refractivity contribution is 0.0753. The molecule has 1 unspecified atom stereocenters. The molecule has 5 heteroatoms. The number of carbonyl (C=O) groups is 1. The Bertz CT molecular complexity index is 715. The van der Waals surface area contributed by atoms with Crippen LogP contribution in [0.1, 0.15) is 40.4 Å². The van der Waals surface area contributed by atoms with Gasteiger partial charge in [-0.2, -0.15) is 5.26 Å². The maximum atomic E-state index is 12.6. The van der Waals surface area contributed by atoms with E-state index in [9.17, 15) is 10.1 Å². The van der Waals surface area contributed by atoms with Gasteiger partial charge in [0.1, 0.15) is 6.04 Å². The summed E-state index contributed by atoms with van der Waals surface area (Å²) in [7, 11) is 0. The Hall–Kier alpha value is -2.61. The number of aromatic nitrogens is 2. The van der Waals surface area contributed by atoms with Crippen LogP contribution in [0.3, 0.4) is 0 Å². The van der Waals surface area contributed by atoms with Crippen LogP contribution in [-0.2, 0) is 6.54 Å². The van der Waals surface area contributed by atoms with Crippen molar-refractivity contribution in [2.75, 3.05) is 6.54 Å². The van der Waals surface area contributed by atoms with E-state index >= 15 is 0 Å². The number of fused-ring (bicyclic) bond motifs is 1. The Labute approximate surface area is 129 Å². The summed E-state index contributed by atoms with van der Waals surface area (Å²) in [5.74, 6) is -0.0118. The number of rotatable bonds is 5. The van der Waals surface area contributed by atoms with E-state index < -0.39 is 6.04 Å². The zero-order valence-electron chi connectivity index (χ0n) is 12.6. The van der Waals surface area contributed by atoms with Crippen LogP contribution in [0.15, 0.2) is 36.9 Å². The molecule has 0 saturated heterocycles. The summed E-state index contributed by atoms with van der Waals surface area (Å²) in [5.41, 5.74) is 2.51. The number of carbonyl (C=O) groups excluding carboxylic acids is 1. The smallest absolute Gasteiger partial charge is 0.255 e. The van der Waals surface area contributed by atoms with Crippen molar-refractivity contribution in [3.05, 3.63) is 53.6 Å². The summed E-state index contributed by atoms with van der Waals surface area (Å²) in [6.07, 6.45) is 7.30. The first kappa shape index (κ1) is 14.3. The number of nitriles is 1. The van der Waals surface area contributed by atoms with Gasteiger partial charge in [0.15, 0.2) is 0 Å². The van der Waals surface area contributed by atoms with Gasteiger partial charge < -0.3 is 9.47 Å². The molecule has 112 valence electrons. The number of unbranched alkanes of at least 4 members (excludes halogenated alkanes) is 1. The van der Waals surface area contributed by atoms with Crippen molar-refractivity contribution in [3.63, 3.8) is 0 Å². The van der Waals surface area contributed by atoms with Gasteiger partial charge in [-0.05, 0) is 25.3 Å². The molecule has 0 saturated carbocycles. The van der Waals surface area contributed by atoms with Crippen molar-refractivity contribution in [1.29, 1.82) is 5.26 Å². The average Bonchev–Trinajstić information content (AvgIpc) is 3.11. The van der Waals surface area contributed by atoms with E-state index in [1.165, 1.54) is 0 Å². The monoisotopic (exact) mass is 294 g/mol. The van der Waals surface area contributed by atoms with Gasteiger partial charge in [0, 0.05) is 36.6 Å². The summed E-state index contributed by atoms with van der Waals surface area (Å²) in [6.45, 7) is 3.42. The van der Waals surface area contributed by atoms with E-state index in [0.29, 0.717) is 12.1 Å². The van der Waals surface area contributed by atoms with Crippen LogP contribution in [0.2, 0.25) is 0 Å². The van der Waals surface area contributed by atoms with Gasteiger partial charge in [-0.1, -0.05) is 18.2 Å². The zero-order chi connectivity index (χ0) is 15.5. The van der Waals surface area contributed by atoms with E-state index in [0.717, 1.165) is 30.5 Å². The Kier molecular flexibility index (Phi) is 3.92. The van der Waals surface area contributed by atoms with Crippen molar-refractivity contribution in [1.82, 2.24) is 14.5 Å². The highest BCUT2D eigenvalue weighted by atomic mass is 16.2. The number of aryl methyl sites for hydroxylation is 2. The first-order chi connectivity index (χ1) is 10.7. The normalized spacial score (nSPS) is 16.6. The Morgan fingerprint density at radius 1 is 1.32 bits per heavy atom. The van der Waals surface area contributed by atoms with Gasteiger partial charge in [0.25, 0.3) is 5.91 Å². The predicted octanol–water partition coefficient (Wildman–Crippen LogP) is 2.69. The number of benzene rings is 1. The van der Waals surface area contributed by atoms with Crippen LogP contribution < -0.4 is 0 Å². The standard InChI is InChI=1S/C17H18N4O/c1-13-5-4-6-14-15(11-18)21(17(22)16(13)14)9-3-2-8-20-10-7-19-12-20/h4-7,10,12,15H,2-3,8-9H2,1H3. The van der Waals surface area contributed by atoms with Gasteiger partial charge in [-0.15, -0.1) is 0 Å². The summed E-state index contributed by atoms with van der Waals surface area (Å²) >= 11 is 0. The molecular weight excluding hydrogens is 276 g/mol. The van der Waals surface area contributed by atoms with Crippen molar-refractivity contribution in [2.24, 2.45) is 0 Å². The molecule has 5 nitrogen and oxygen atoms in total. The molecule has 1 atom stereocenters. The fourth-order valence-electron chi connectivity index (χ4n) is 3.00. The molecule has 2 aromatic rings. The molecule has 2 heterocycles. The highest BCUT2D eigenvalue weighted by Crippen LogP contribution is 2.34. The first-order valence-corrected chi connectivity index (χ1v) is 7.48. The molecular formula is C17H18N4O. The van der Waals surface area contributed by atoms with E-state index in [1.807, 2.05) is 35.9 Å². The lowest BCUT2D eigenvalue weighted by atomic mass is 10.0. The van der Waals surface area contributed by atoms with Gasteiger partial charge in [-0.3, -0.25) is 4.79 Å². The Morgan fingerprint density at radius 3 is 2.86 bits per heavy atom. The van der Waals surface area contributed by atoms with Crippen LogP contribution in [0.5, 0.6) is 0 Å². The quantitative estimate of drug-likeness (QED) is 0.796. The second kappa shape index (κ2) is 6.02. The maximum Gasteiger partial charge on any atom is 0.255 e. The molecule has 1 aliphatic rings. The molecule has 3 rings (SSSR count). The number of hydrogen-bond donors (Lipinski definition) is 0. The minimum Gasteiger partial charge on any atom is -0.337 e. The topological polar surface area (TPSA) is 61.9 Å². The van der Waals surface area contributed by atoms with Gasteiger partial charge in [0.05, 0.1) is 12.4 Å². The molecule has 0 aliphatic carbocycles. The van der Waals surface area contributed by atoms with Gasteiger partial charge >= 0.3 is 0 Å². The maximum absolute atomic E-state index is 12.6. The van der Waals surface area contributed by atoms with Crippen molar-refractivity contribution < 1.29 is 4.79 Å². The van der Waals surface area contributed by atoms with Crippen LogP contribution in [0.4, 0.5) is 0 Å². The van der Waals surface area contributed by atoms with E-state index in [4.69, 9.17) is 0 Å². The minimum absolute atomic E-state index is 0.0118. The highest BCUT2D eigenvalue weighted by molar-refractivity contribution is 6.01. The molecule has 1 aliphatic heterocycles. The fourth-order valence-corrected chi connectivity index (χ4v) is 3.00. The summed E-state index contributed by atoms with van der Waals surface area (Å²) in [4.78, 5) is 18.3. The highest BCUT2D eigenvalue weighted by Gasteiger charge is 2.37. The van der Waals surface area contributed by atoms with Crippen molar-refractivity contribution >= 4 is 5.91 Å². The number of imidazole rings is 1. The van der Waals surface area contributed by atoms with Crippen LogP contribution in [0.25, 0.3) is 0 Å². The first-order valence-electron chi connectivity index (χ1n) is 7.48. The van der Waals surface area contributed by atoms with Crippen molar-refractivity contribution in [2.45, 2.75) is 32.4 Å². The average molecular weight is 294 g/mol. The predicted molar refractivity (Wildman–Crippen MR) is 82.0 cm³/mol. The SMILES string of the molecule is Cc1cccc2c1C(=O)N(CCCCn1ccnc1)C2C#N. The lowest BCUT2D eigenvalue weighted by Gasteiger charge is -2.19. The van der Waals surface area contributed by atoms with E-state index in [-0.39, 0.29) is 5.91 Å². The third-order valence-electron chi connectivity index (χ3n) is 4.13. The molecule has 22 heavy (non-hydrogen) atoms. The summed E-state index contributed by atoms with van der Waals surface area (Å²) in [5, 5.41) is 9.44. The second-order valence-electron chi connectivity index (χ2n) is 5.58. The van der Waals surface area contributed by atoms with Crippen LogP contribution >= 0.6 is 0 Å². The molecule has 1 amide bonds. The zero-order valence-corrected chi connectivity index (χ0v) is 12.6. The lowest BCUT2D eigenvalue weighted by Crippen LogP contribution is -2.28. The minimum atomic E-state index is -0.448. The Morgan fingerprint density at radius 2 is 2.14 bits per heavy atom. The number of hydrogen-bond acceptors (Lipinski definition) is 3.